The largest absolute Gasteiger partial charge is 0.368 e. The Kier molecular flexibility index (Phi) is 5.44. The molecule has 7 heteroatoms. The number of carbonyl (C=O) groups excluding carboxylic acids is 2. The fourth-order valence-corrected chi connectivity index (χ4v) is 3.20. The number of carbonyl (C=O) groups is 2. The molecule has 0 radical (unpaired) electrons. The number of nitrogens with zero attached hydrogens (tertiary/aromatic N) is 2. The Morgan fingerprint density at radius 3 is 2.46 bits per heavy atom. The van der Waals surface area contributed by atoms with Crippen molar-refractivity contribution in [2.75, 3.05) is 11.6 Å². The number of amides is 2. The van der Waals surface area contributed by atoms with E-state index in [1.165, 1.54) is 11.1 Å². The summed E-state index contributed by atoms with van der Waals surface area (Å²) in [5.74, 6) is -1.26. The highest BCUT2D eigenvalue weighted by molar-refractivity contribution is 6.40. The van der Waals surface area contributed by atoms with Crippen molar-refractivity contribution < 1.29 is 14.0 Å². The molecular formula is C21H23FN4O2. The first kappa shape index (κ1) is 19.5. The molecule has 1 aliphatic heterocycles. The van der Waals surface area contributed by atoms with Crippen molar-refractivity contribution in [3.8, 4) is 0 Å². The third-order valence-corrected chi connectivity index (χ3v) is 4.82. The smallest absolute Gasteiger partial charge is 0.267 e. The molecular weight excluding hydrogens is 359 g/mol. The Hall–Kier alpha value is -3.22. The van der Waals surface area contributed by atoms with Gasteiger partial charge in [0.25, 0.3) is 5.91 Å². The van der Waals surface area contributed by atoms with Crippen LogP contribution >= 0.6 is 0 Å². The van der Waals surface area contributed by atoms with E-state index in [0.717, 1.165) is 0 Å². The summed E-state index contributed by atoms with van der Waals surface area (Å²) < 4.78 is 14.1. The summed E-state index contributed by atoms with van der Waals surface area (Å²) >= 11 is 0. The van der Waals surface area contributed by atoms with Crippen LogP contribution in [-0.4, -0.2) is 30.1 Å². The molecule has 0 saturated carbocycles. The Morgan fingerprint density at radius 2 is 1.82 bits per heavy atom. The highest BCUT2D eigenvalue weighted by Crippen LogP contribution is 2.26. The van der Waals surface area contributed by atoms with E-state index in [4.69, 9.17) is 5.73 Å². The van der Waals surface area contributed by atoms with Crippen molar-refractivity contribution in [3.05, 3.63) is 66.0 Å². The summed E-state index contributed by atoms with van der Waals surface area (Å²) in [5, 5.41) is 8.59. The highest BCUT2D eigenvalue weighted by Gasteiger charge is 2.35. The minimum Gasteiger partial charge on any atom is -0.368 e. The number of hydrazone groups is 1. The van der Waals surface area contributed by atoms with Gasteiger partial charge in [-0.05, 0) is 23.8 Å². The van der Waals surface area contributed by atoms with Crippen LogP contribution in [0.3, 0.4) is 0 Å². The number of primary amides is 1. The maximum atomic E-state index is 14.1. The zero-order valence-electron chi connectivity index (χ0n) is 15.9. The van der Waals surface area contributed by atoms with E-state index in [0.29, 0.717) is 11.3 Å². The molecule has 2 amide bonds. The molecule has 1 atom stereocenters. The first-order chi connectivity index (χ1) is 13.3. The van der Waals surface area contributed by atoms with E-state index in [-0.39, 0.29) is 24.5 Å². The number of para-hydroxylation sites is 1. The summed E-state index contributed by atoms with van der Waals surface area (Å²) in [4.78, 5) is 24.5. The lowest BCUT2D eigenvalue weighted by atomic mass is 9.84. The average molecular weight is 382 g/mol. The SMILES string of the molecule is CC(C)(CNC(=O)C1=NN(c2ccccc2)C(C(N)=O)C1)c1ccccc1F. The van der Waals surface area contributed by atoms with Gasteiger partial charge in [-0.15, -0.1) is 0 Å². The van der Waals surface area contributed by atoms with Crippen molar-refractivity contribution in [1.29, 1.82) is 0 Å². The molecule has 0 saturated heterocycles. The van der Waals surface area contributed by atoms with Crippen molar-refractivity contribution >= 4 is 23.2 Å². The van der Waals surface area contributed by atoms with Gasteiger partial charge in [-0.3, -0.25) is 14.6 Å². The number of anilines is 1. The molecule has 146 valence electrons. The number of nitrogens with two attached hydrogens (primary N) is 1. The predicted octanol–water partition coefficient (Wildman–Crippen LogP) is 2.34. The Bertz CT molecular complexity index is 912. The van der Waals surface area contributed by atoms with Gasteiger partial charge in [0.2, 0.25) is 5.91 Å². The van der Waals surface area contributed by atoms with Crippen molar-refractivity contribution in [2.45, 2.75) is 31.7 Å². The lowest BCUT2D eigenvalue weighted by Gasteiger charge is -2.26. The third kappa shape index (κ3) is 4.03. The summed E-state index contributed by atoms with van der Waals surface area (Å²) in [6.07, 6.45) is 0.121. The second-order valence-electron chi connectivity index (χ2n) is 7.40. The van der Waals surface area contributed by atoms with Crippen LogP contribution in [0.15, 0.2) is 59.7 Å². The van der Waals surface area contributed by atoms with E-state index in [9.17, 15) is 14.0 Å². The van der Waals surface area contributed by atoms with Crippen LogP contribution in [0.5, 0.6) is 0 Å². The van der Waals surface area contributed by atoms with Gasteiger partial charge < -0.3 is 11.1 Å². The first-order valence-corrected chi connectivity index (χ1v) is 9.04. The molecule has 0 bridgehead atoms. The number of benzene rings is 2. The fourth-order valence-electron chi connectivity index (χ4n) is 3.20. The van der Waals surface area contributed by atoms with Crippen molar-refractivity contribution in [2.24, 2.45) is 10.8 Å². The number of rotatable bonds is 6. The molecule has 0 fully saturated rings. The van der Waals surface area contributed by atoms with Crippen LogP contribution in [-0.2, 0) is 15.0 Å². The van der Waals surface area contributed by atoms with Gasteiger partial charge in [0, 0.05) is 18.4 Å². The standard InChI is InChI=1S/C21H23FN4O2/c1-21(2,15-10-6-7-11-16(15)22)13-24-20(28)17-12-18(19(23)27)26(25-17)14-8-4-3-5-9-14/h3-11,18H,12-13H2,1-2H3,(H2,23,27)(H,24,28). The number of hydrogen-bond acceptors (Lipinski definition) is 4. The van der Waals surface area contributed by atoms with E-state index in [1.54, 1.807) is 30.3 Å². The highest BCUT2D eigenvalue weighted by atomic mass is 19.1. The Balaban J connectivity index is 1.74. The van der Waals surface area contributed by atoms with E-state index < -0.39 is 23.3 Å². The zero-order chi connectivity index (χ0) is 20.3. The maximum Gasteiger partial charge on any atom is 0.267 e. The molecule has 3 rings (SSSR count). The molecule has 1 heterocycles. The molecule has 1 unspecified atom stereocenters. The van der Waals surface area contributed by atoms with Crippen LogP contribution < -0.4 is 16.1 Å². The zero-order valence-corrected chi connectivity index (χ0v) is 15.9. The Morgan fingerprint density at radius 1 is 1.18 bits per heavy atom. The predicted molar refractivity (Wildman–Crippen MR) is 106 cm³/mol. The molecule has 28 heavy (non-hydrogen) atoms. The van der Waals surface area contributed by atoms with Crippen LogP contribution in [0, 0.1) is 5.82 Å². The quantitative estimate of drug-likeness (QED) is 0.804. The van der Waals surface area contributed by atoms with Gasteiger partial charge in [0.05, 0.1) is 5.69 Å². The number of halogens is 1. The van der Waals surface area contributed by atoms with Crippen LogP contribution in [0.4, 0.5) is 10.1 Å². The maximum absolute atomic E-state index is 14.1. The summed E-state index contributed by atoms with van der Waals surface area (Å²) in [6, 6.07) is 14.8. The topological polar surface area (TPSA) is 87.8 Å². The minimum absolute atomic E-state index is 0.121. The van der Waals surface area contributed by atoms with E-state index in [2.05, 4.69) is 10.4 Å². The van der Waals surface area contributed by atoms with Crippen molar-refractivity contribution in [1.82, 2.24) is 5.32 Å². The molecule has 0 aromatic heterocycles. The first-order valence-electron chi connectivity index (χ1n) is 9.04. The summed E-state index contributed by atoms with van der Waals surface area (Å²) in [7, 11) is 0. The van der Waals surface area contributed by atoms with Gasteiger partial charge in [-0.25, -0.2) is 4.39 Å². The molecule has 2 aromatic rings. The molecule has 1 aliphatic rings. The van der Waals surface area contributed by atoms with Gasteiger partial charge >= 0.3 is 0 Å². The van der Waals surface area contributed by atoms with Crippen molar-refractivity contribution in [3.63, 3.8) is 0 Å². The normalized spacial score (nSPS) is 16.6. The number of hydrogen-bond donors (Lipinski definition) is 2. The molecule has 2 aromatic carbocycles. The van der Waals surface area contributed by atoms with E-state index >= 15 is 0 Å². The molecule has 0 aliphatic carbocycles. The van der Waals surface area contributed by atoms with Gasteiger partial charge in [0.15, 0.2) is 0 Å². The minimum atomic E-state index is -0.720. The van der Waals surface area contributed by atoms with Crippen LogP contribution in [0.25, 0.3) is 0 Å². The second-order valence-corrected chi connectivity index (χ2v) is 7.40. The molecule has 0 spiro atoms. The lowest BCUT2D eigenvalue weighted by molar-refractivity contribution is -0.119. The monoisotopic (exact) mass is 382 g/mol. The van der Waals surface area contributed by atoms with Gasteiger partial charge in [-0.2, -0.15) is 5.10 Å². The third-order valence-electron chi connectivity index (χ3n) is 4.82. The number of nitrogens with one attached hydrogen (secondary N) is 1. The summed E-state index contributed by atoms with van der Waals surface area (Å²) in [6.45, 7) is 3.92. The van der Waals surface area contributed by atoms with E-state index in [1.807, 2.05) is 32.0 Å². The lowest BCUT2D eigenvalue weighted by Crippen LogP contribution is -2.41. The Labute approximate surface area is 163 Å². The fraction of sp³-hybridized carbons (Fsp3) is 0.286. The van der Waals surface area contributed by atoms with Gasteiger partial charge in [-0.1, -0.05) is 50.2 Å². The van der Waals surface area contributed by atoms with Gasteiger partial charge in [0.1, 0.15) is 17.6 Å². The second kappa shape index (κ2) is 7.80. The molecule has 6 nitrogen and oxygen atoms in total. The average Bonchev–Trinajstić information content (AvgIpc) is 3.13. The van der Waals surface area contributed by atoms with Crippen LogP contribution in [0.2, 0.25) is 0 Å². The summed E-state index contributed by atoms with van der Waals surface area (Å²) in [5.41, 5.74) is 6.31. The van der Waals surface area contributed by atoms with Crippen LogP contribution in [0.1, 0.15) is 25.8 Å². The molecule has 3 N–H and O–H groups in total.